The highest BCUT2D eigenvalue weighted by Gasteiger charge is 2.02. The number of Topliss-reactive ketones (excluding diaryl/α,β-unsaturated/α-hetero) is 1. The Morgan fingerprint density at radius 2 is 2.00 bits per heavy atom. The van der Waals surface area contributed by atoms with Crippen LogP contribution in [0.4, 0.5) is 0 Å². The van der Waals surface area contributed by atoms with Crippen molar-refractivity contribution in [3.05, 3.63) is 41.5 Å². The first-order chi connectivity index (χ1) is 6.74. The van der Waals surface area contributed by atoms with Crippen molar-refractivity contribution in [2.24, 2.45) is 0 Å². The van der Waals surface area contributed by atoms with Crippen LogP contribution in [0, 0.1) is 0 Å². The third-order valence-corrected chi connectivity index (χ3v) is 1.97. The topological polar surface area (TPSA) is 37.3 Å². The smallest absolute Gasteiger partial charge is 0.155 e. The number of aliphatic hydroxyl groups excluding tert-OH is 1. The molecular formula is C12H14O2. The molecule has 0 saturated heterocycles. The van der Waals surface area contributed by atoms with Crippen LogP contribution in [0.25, 0.3) is 6.08 Å². The lowest BCUT2D eigenvalue weighted by atomic mass is 10.1. The van der Waals surface area contributed by atoms with E-state index in [0.717, 1.165) is 5.56 Å². The Balaban J connectivity index is 2.88. The fourth-order valence-corrected chi connectivity index (χ4v) is 1.22. The minimum Gasteiger partial charge on any atom is -0.396 e. The van der Waals surface area contributed by atoms with E-state index in [1.807, 2.05) is 36.4 Å². The van der Waals surface area contributed by atoms with Gasteiger partial charge in [0.05, 0.1) is 0 Å². The third-order valence-electron chi connectivity index (χ3n) is 1.97. The summed E-state index contributed by atoms with van der Waals surface area (Å²) in [7, 11) is 0. The largest absolute Gasteiger partial charge is 0.396 e. The van der Waals surface area contributed by atoms with E-state index >= 15 is 0 Å². The maximum atomic E-state index is 11.2. The van der Waals surface area contributed by atoms with Crippen LogP contribution in [0.2, 0.25) is 0 Å². The highest BCUT2D eigenvalue weighted by atomic mass is 16.3. The van der Waals surface area contributed by atoms with E-state index in [1.54, 1.807) is 0 Å². The molecule has 0 aromatic heterocycles. The molecule has 0 radical (unpaired) electrons. The fourth-order valence-electron chi connectivity index (χ4n) is 1.22. The molecule has 1 N–H and O–H groups in total. The number of ketones is 1. The molecule has 1 rings (SSSR count). The van der Waals surface area contributed by atoms with Gasteiger partial charge < -0.3 is 5.11 Å². The average molecular weight is 190 g/mol. The van der Waals surface area contributed by atoms with Gasteiger partial charge in [-0.25, -0.2) is 0 Å². The maximum absolute atomic E-state index is 11.2. The lowest BCUT2D eigenvalue weighted by Gasteiger charge is -2.00. The van der Waals surface area contributed by atoms with E-state index in [9.17, 15) is 4.79 Å². The SMILES string of the molecule is CC(=O)C(=Cc1ccccc1)CCO. The summed E-state index contributed by atoms with van der Waals surface area (Å²) >= 11 is 0. The number of carbonyl (C=O) groups excluding carboxylic acids is 1. The molecule has 0 bridgehead atoms. The molecule has 0 atom stereocenters. The normalized spacial score (nSPS) is 11.4. The summed E-state index contributed by atoms with van der Waals surface area (Å²) in [6, 6.07) is 9.63. The summed E-state index contributed by atoms with van der Waals surface area (Å²) in [5, 5.41) is 8.77. The summed E-state index contributed by atoms with van der Waals surface area (Å²) in [6.45, 7) is 1.53. The van der Waals surface area contributed by atoms with Crippen molar-refractivity contribution in [2.75, 3.05) is 6.61 Å². The van der Waals surface area contributed by atoms with Crippen molar-refractivity contribution in [1.29, 1.82) is 0 Å². The summed E-state index contributed by atoms with van der Waals surface area (Å²) in [5.74, 6) is 0.0166. The van der Waals surface area contributed by atoms with Gasteiger partial charge in [0, 0.05) is 6.61 Å². The van der Waals surface area contributed by atoms with Gasteiger partial charge in [-0.05, 0) is 30.6 Å². The zero-order chi connectivity index (χ0) is 10.4. The first-order valence-electron chi connectivity index (χ1n) is 4.61. The van der Waals surface area contributed by atoms with Gasteiger partial charge in [-0.3, -0.25) is 4.79 Å². The molecule has 0 unspecified atom stereocenters. The van der Waals surface area contributed by atoms with Crippen molar-refractivity contribution in [1.82, 2.24) is 0 Å². The van der Waals surface area contributed by atoms with Crippen LogP contribution in [-0.4, -0.2) is 17.5 Å². The van der Waals surface area contributed by atoms with E-state index in [0.29, 0.717) is 12.0 Å². The first-order valence-corrected chi connectivity index (χ1v) is 4.61. The van der Waals surface area contributed by atoms with Crippen LogP contribution in [0.1, 0.15) is 18.9 Å². The predicted molar refractivity (Wildman–Crippen MR) is 56.8 cm³/mol. The Morgan fingerprint density at radius 1 is 1.36 bits per heavy atom. The lowest BCUT2D eigenvalue weighted by Crippen LogP contribution is -1.99. The molecule has 0 aliphatic rings. The Labute approximate surface area is 83.9 Å². The highest BCUT2D eigenvalue weighted by Crippen LogP contribution is 2.10. The van der Waals surface area contributed by atoms with Gasteiger partial charge in [-0.15, -0.1) is 0 Å². The predicted octanol–water partition coefficient (Wildman–Crippen LogP) is 2.04. The zero-order valence-electron chi connectivity index (χ0n) is 8.23. The van der Waals surface area contributed by atoms with Crippen molar-refractivity contribution >= 4 is 11.9 Å². The van der Waals surface area contributed by atoms with E-state index < -0.39 is 0 Å². The molecule has 14 heavy (non-hydrogen) atoms. The molecule has 2 nitrogen and oxygen atoms in total. The van der Waals surface area contributed by atoms with Gasteiger partial charge in [-0.2, -0.15) is 0 Å². The van der Waals surface area contributed by atoms with Gasteiger partial charge in [0.2, 0.25) is 0 Å². The molecule has 0 spiro atoms. The Kier molecular flexibility index (Phi) is 4.08. The van der Waals surface area contributed by atoms with Gasteiger partial charge >= 0.3 is 0 Å². The minimum atomic E-state index is 0.0121. The van der Waals surface area contributed by atoms with Crippen LogP contribution in [0.5, 0.6) is 0 Å². The Morgan fingerprint density at radius 3 is 2.50 bits per heavy atom. The number of carbonyl (C=O) groups is 1. The quantitative estimate of drug-likeness (QED) is 0.738. The molecule has 2 heteroatoms. The highest BCUT2D eigenvalue weighted by molar-refractivity contribution is 5.97. The number of benzene rings is 1. The molecule has 0 heterocycles. The van der Waals surface area contributed by atoms with E-state index in [2.05, 4.69) is 0 Å². The minimum absolute atomic E-state index is 0.0121. The van der Waals surface area contributed by atoms with E-state index in [-0.39, 0.29) is 12.4 Å². The number of hydrogen-bond donors (Lipinski definition) is 1. The number of rotatable bonds is 4. The van der Waals surface area contributed by atoms with Crippen LogP contribution in [0.15, 0.2) is 35.9 Å². The van der Waals surface area contributed by atoms with Gasteiger partial charge in [0.15, 0.2) is 5.78 Å². The van der Waals surface area contributed by atoms with Crippen LogP contribution < -0.4 is 0 Å². The van der Waals surface area contributed by atoms with Crippen LogP contribution >= 0.6 is 0 Å². The monoisotopic (exact) mass is 190 g/mol. The Bertz CT molecular complexity index is 325. The van der Waals surface area contributed by atoms with Gasteiger partial charge in [0.25, 0.3) is 0 Å². The summed E-state index contributed by atoms with van der Waals surface area (Å²) < 4.78 is 0. The van der Waals surface area contributed by atoms with Crippen LogP contribution in [-0.2, 0) is 4.79 Å². The Hall–Kier alpha value is -1.41. The van der Waals surface area contributed by atoms with Gasteiger partial charge in [-0.1, -0.05) is 30.3 Å². The second-order valence-electron chi connectivity index (χ2n) is 3.11. The number of aliphatic hydroxyl groups is 1. The van der Waals surface area contributed by atoms with Crippen LogP contribution in [0.3, 0.4) is 0 Å². The summed E-state index contributed by atoms with van der Waals surface area (Å²) in [5.41, 5.74) is 1.66. The molecule has 74 valence electrons. The summed E-state index contributed by atoms with van der Waals surface area (Å²) in [4.78, 5) is 11.2. The first kappa shape index (κ1) is 10.7. The maximum Gasteiger partial charge on any atom is 0.155 e. The molecule has 0 amide bonds. The van der Waals surface area contributed by atoms with Gasteiger partial charge in [0.1, 0.15) is 0 Å². The molecule has 1 aromatic carbocycles. The lowest BCUT2D eigenvalue weighted by molar-refractivity contribution is -0.113. The molecule has 0 aliphatic carbocycles. The molecule has 1 aromatic rings. The molecule has 0 aliphatic heterocycles. The number of hydrogen-bond acceptors (Lipinski definition) is 2. The molecule has 0 saturated carbocycles. The second kappa shape index (κ2) is 5.35. The molecular weight excluding hydrogens is 176 g/mol. The standard InChI is InChI=1S/C12H14O2/c1-10(14)12(7-8-13)9-11-5-3-2-4-6-11/h2-6,9,13H,7-8H2,1H3. The van der Waals surface area contributed by atoms with Crippen molar-refractivity contribution in [3.63, 3.8) is 0 Å². The van der Waals surface area contributed by atoms with E-state index in [4.69, 9.17) is 5.11 Å². The van der Waals surface area contributed by atoms with Crippen molar-refractivity contribution < 1.29 is 9.90 Å². The van der Waals surface area contributed by atoms with E-state index in [1.165, 1.54) is 6.92 Å². The average Bonchev–Trinajstić information content (AvgIpc) is 2.18. The summed E-state index contributed by atoms with van der Waals surface area (Å²) in [6.07, 6.45) is 2.24. The zero-order valence-corrected chi connectivity index (χ0v) is 8.23. The fraction of sp³-hybridized carbons (Fsp3) is 0.250. The van der Waals surface area contributed by atoms with Crippen molar-refractivity contribution in [3.8, 4) is 0 Å². The molecule has 0 fully saturated rings. The third kappa shape index (κ3) is 3.15. The second-order valence-corrected chi connectivity index (χ2v) is 3.11. The van der Waals surface area contributed by atoms with Crippen molar-refractivity contribution in [2.45, 2.75) is 13.3 Å².